The molecule has 1 aliphatic rings. The van der Waals surface area contributed by atoms with Gasteiger partial charge in [0.1, 0.15) is 24.0 Å². The highest BCUT2D eigenvalue weighted by molar-refractivity contribution is 5.84. The van der Waals surface area contributed by atoms with Crippen LogP contribution in [-0.4, -0.2) is 59.5 Å². The summed E-state index contributed by atoms with van der Waals surface area (Å²) < 4.78 is 16.3. The second-order valence-corrected chi connectivity index (χ2v) is 9.01. The second-order valence-electron chi connectivity index (χ2n) is 9.01. The van der Waals surface area contributed by atoms with E-state index in [1.165, 1.54) is 6.08 Å². The fraction of sp³-hybridized carbons (Fsp3) is 0.762. The van der Waals surface area contributed by atoms with Crippen molar-refractivity contribution in [1.82, 2.24) is 10.2 Å². The van der Waals surface area contributed by atoms with E-state index >= 15 is 0 Å². The van der Waals surface area contributed by atoms with Gasteiger partial charge in [-0.3, -0.25) is 9.69 Å². The van der Waals surface area contributed by atoms with Crippen molar-refractivity contribution in [3.05, 3.63) is 12.7 Å². The van der Waals surface area contributed by atoms with Crippen molar-refractivity contribution in [3.63, 3.8) is 0 Å². The van der Waals surface area contributed by atoms with Gasteiger partial charge in [0, 0.05) is 6.42 Å². The lowest BCUT2D eigenvalue weighted by Gasteiger charge is -2.35. The Morgan fingerprint density at radius 3 is 2.45 bits per heavy atom. The monoisotopic (exact) mass is 412 g/mol. The molecule has 2 amide bonds. The molecule has 1 aliphatic heterocycles. The van der Waals surface area contributed by atoms with Crippen LogP contribution >= 0.6 is 0 Å². The fourth-order valence-electron chi connectivity index (χ4n) is 3.05. The van der Waals surface area contributed by atoms with Crippen LogP contribution in [0.15, 0.2) is 12.7 Å². The van der Waals surface area contributed by atoms with Crippen molar-refractivity contribution in [2.45, 2.75) is 84.7 Å². The van der Waals surface area contributed by atoms with E-state index < -0.39 is 29.4 Å². The van der Waals surface area contributed by atoms with Gasteiger partial charge in [-0.05, 0) is 47.0 Å². The lowest BCUT2D eigenvalue weighted by atomic mass is 10.0. The highest BCUT2D eigenvalue weighted by Crippen LogP contribution is 2.31. The number of nitrogens with one attached hydrogen (secondary N) is 1. The summed E-state index contributed by atoms with van der Waals surface area (Å²) in [5.41, 5.74) is -1.45. The SMILES string of the molecule is C=CCOC(=O)[C@@H](NC(=O)CC[C@@H]1COC(C)(C)N1C(=O)OC(C)(C)C)C(C)C. The maximum atomic E-state index is 12.6. The van der Waals surface area contributed by atoms with Crippen LogP contribution in [0.1, 0.15) is 61.3 Å². The Kier molecular flexibility index (Phi) is 8.68. The molecule has 0 aliphatic carbocycles. The molecule has 166 valence electrons. The summed E-state index contributed by atoms with van der Waals surface area (Å²) in [5.74, 6) is -0.898. The molecule has 0 saturated carbocycles. The van der Waals surface area contributed by atoms with Crippen LogP contribution in [0.5, 0.6) is 0 Å². The Morgan fingerprint density at radius 1 is 1.31 bits per heavy atom. The Bertz CT molecular complexity index is 609. The summed E-state index contributed by atoms with van der Waals surface area (Å²) in [7, 11) is 0. The molecule has 1 fully saturated rings. The third-order valence-electron chi connectivity index (χ3n) is 4.45. The number of esters is 1. The summed E-state index contributed by atoms with van der Waals surface area (Å²) in [6.07, 6.45) is 1.53. The van der Waals surface area contributed by atoms with E-state index in [1.54, 1.807) is 39.5 Å². The predicted octanol–water partition coefficient (Wildman–Crippen LogP) is 3.01. The van der Waals surface area contributed by atoms with Gasteiger partial charge in [0.25, 0.3) is 0 Å². The molecule has 29 heavy (non-hydrogen) atoms. The van der Waals surface area contributed by atoms with E-state index in [4.69, 9.17) is 14.2 Å². The first kappa shape index (κ1) is 24.9. The van der Waals surface area contributed by atoms with Gasteiger partial charge in [0.15, 0.2) is 0 Å². The van der Waals surface area contributed by atoms with E-state index in [-0.39, 0.29) is 30.9 Å². The van der Waals surface area contributed by atoms with Gasteiger partial charge in [-0.1, -0.05) is 26.5 Å². The largest absolute Gasteiger partial charge is 0.460 e. The van der Waals surface area contributed by atoms with E-state index in [9.17, 15) is 14.4 Å². The average Bonchev–Trinajstić information content (AvgIpc) is 2.88. The summed E-state index contributed by atoms with van der Waals surface area (Å²) in [4.78, 5) is 38.8. The minimum Gasteiger partial charge on any atom is -0.460 e. The quantitative estimate of drug-likeness (QED) is 0.486. The van der Waals surface area contributed by atoms with Crippen LogP contribution in [0.2, 0.25) is 0 Å². The minimum atomic E-state index is -0.821. The highest BCUT2D eigenvalue weighted by atomic mass is 16.6. The minimum absolute atomic E-state index is 0.0945. The lowest BCUT2D eigenvalue weighted by molar-refractivity contribution is -0.148. The van der Waals surface area contributed by atoms with Crippen molar-refractivity contribution >= 4 is 18.0 Å². The zero-order valence-electron chi connectivity index (χ0n) is 18.7. The molecular formula is C21H36N2O6. The van der Waals surface area contributed by atoms with Gasteiger partial charge in [-0.2, -0.15) is 0 Å². The number of nitrogens with zero attached hydrogens (tertiary/aromatic N) is 1. The molecule has 0 radical (unpaired) electrons. The molecule has 2 atom stereocenters. The molecule has 1 N–H and O–H groups in total. The Labute approximate surface area is 173 Å². The lowest BCUT2D eigenvalue weighted by Crippen LogP contribution is -2.50. The average molecular weight is 413 g/mol. The summed E-state index contributed by atoms with van der Waals surface area (Å²) in [6.45, 7) is 16.6. The van der Waals surface area contributed by atoms with Crippen LogP contribution < -0.4 is 5.32 Å². The molecule has 1 rings (SSSR count). The smallest absolute Gasteiger partial charge is 0.412 e. The molecule has 0 aromatic rings. The molecule has 0 unspecified atom stereocenters. The van der Waals surface area contributed by atoms with Crippen molar-refractivity contribution in [2.75, 3.05) is 13.2 Å². The summed E-state index contributed by atoms with van der Waals surface area (Å²) in [5, 5.41) is 2.73. The summed E-state index contributed by atoms with van der Waals surface area (Å²) >= 11 is 0. The standard InChI is InChI=1S/C21H36N2O6/c1-9-12-27-18(25)17(14(2)3)22-16(24)11-10-15-13-28-21(7,8)23(15)19(26)29-20(4,5)6/h9,14-15,17H,1,10-13H2,2-8H3,(H,22,24)/t15-,17+/m1/s1. The molecule has 0 aromatic heterocycles. The number of ether oxygens (including phenoxy) is 3. The first-order chi connectivity index (χ1) is 13.3. The van der Waals surface area contributed by atoms with Crippen molar-refractivity contribution in [3.8, 4) is 0 Å². The Morgan fingerprint density at radius 2 is 1.93 bits per heavy atom. The first-order valence-corrected chi connectivity index (χ1v) is 10.0. The third kappa shape index (κ3) is 7.68. The Balaban J connectivity index is 2.71. The number of carbonyl (C=O) groups is 3. The van der Waals surface area contributed by atoms with Crippen LogP contribution in [0.25, 0.3) is 0 Å². The molecule has 1 heterocycles. The molecule has 8 heteroatoms. The van der Waals surface area contributed by atoms with Gasteiger partial charge in [0.05, 0.1) is 12.6 Å². The predicted molar refractivity (Wildman–Crippen MR) is 109 cm³/mol. The normalized spacial score (nSPS) is 19.6. The van der Waals surface area contributed by atoms with Crippen LogP contribution in [0.4, 0.5) is 4.79 Å². The maximum Gasteiger partial charge on any atom is 0.412 e. The van der Waals surface area contributed by atoms with E-state index in [1.807, 2.05) is 13.8 Å². The van der Waals surface area contributed by atoms with Crippen LogP contribution in [0.3, 0.4) is 0 Å². The zero-order chi connectivity index (χ0) is 22.4. The van der Waals surface area contributed by atoms with Gasteiger partial charge in [0.2, 0.25) is 5.91 Å². The molecule has 8 nitrogen and oxygen atoms in total. The van der Waals surface area contributed by atoms with E-state index in [0.29, 0.717) is 13.0 Å². The third-order valence-corrected chi connectivity index (χ3v) is 4.45. The number of hydrogen-bond acceptors (Lipinski definition) is 6. The molecule has 0 spiro atoms. The molecular weight excluding hydrogens is 376 g/mol. The Hall–Kier alpha value is -2.09. The first-order valence-electron chi connectivity index (χ1n) is 10.0. The highest BCUT2D eigenvalue weighted by Gasteiger charge is 2.45. The van der Waals surface area contributed by atoms with Gasteiger partial charge in [-0.25, -0.2) is 9.59 Å². The van der Waals surface area contributed by atoms with Crippen LogP contribution in [-0.2, 0) is 23.8 Å². The second kappa shape index (κ2) is 10.1. The molecule has 0 bridgehead atoms. The van der Waals surface area contributed by atoms with E-state index in [2.05, 4.69) is 11.9 Å². The summed E-state index contributed by atoms with van der Waals surface area (Å²) in [6, 6.07) is -1.03. The number of amides is 2. The maximum absolute atomic E-state index is 12.6. The number of rotatable bonds is 8. The molecule has 0 aromatic carbocycles. The molecule has 1 saturated heterocycles. The topological polar surface area (TPSA) is 94.2 Å². The fourth-order valence-corrected chi connectivity index (χ4v) is 3.05. The van der Waals surface area contributed by atoms with Crippen LogP contribution in [0, 0.1) is 5.92 Å². The van der Waals surface area contributed by atoms with Crippen molar-refractivity contribution < 1.29 is 28.6 Å². The number of carbonyl (C=O) groups excluding carboxylic acids is 3. The van der Waals surface area contributed by atoms with Crippen molar-refractivity contribution in [1.29, 1.82) is 0 Å². The zero-order valence-corrected chi connectivity index (χ0v) is 18.7. The van der Waals surface area contributed by atoms with Gasteiger partial charge in [-0.15, -0.1) is 0 Å². The van der Waals surface area contributed by atoms with E-state index in [0.717, 1.165) is 0 Å². The number of hydrogen-bond donors (Lipinski definition) is 1. The van der Waals surface area contributed by atoms with Gasteiger partial charge >= 0.3 is 12.1 Å². The van der Waals surface area contributed by atoms with Crippen molar-refractivity contribution in [2.24, 2.45) is 5.92 Å². The van der Waals surface area contributed by atoms with Gasteiger partial charge < -0.3 is 19.5 Å².